The lowest BCUT2D eigenvalue weighted by atomic mass is 9.80. The highest BCUT2D eigenvalue weighted by molar-refractivity contribution is 7.21. The monoisotopic (exact) mass is 545 g/mol. The molecule has 0 spiro atoms. The molecule has 39 heavy (non-hydrogen) atoms. The van der Waals surface area contributed by atoms with Crippen LogP contribution in [0.3, 0.4) is 0 Å². The molecule has 3 aromatic heterocycles. The van der Waals surface area contributed by atoms with Crippen molar-refractivity contribution in [2.45, 2.75) is 51.2 Å². The van der Waals surface area contributed by atoms with E-state index in [2.05, 4.69) is 37.1 Å². The second-order valence-corrected chi connectivity index (χ2v) is 11.5. The zero-order chi connectivity index (χ0) is 26.9. The van der Waals surface area contributed by atoms with Crippen molar-refractivity contribution in [3.8, 4) is 16.5 Å². The van der Waals surface area contributed by atoms with E-state index in [0.29, 0.717) is 34.3 Å². The predicted octanol–water partition coefficient (Wildman–Crippen LogP) is 2.26. The van der Waals surface area contributed by atoms with Gasteiger partial charge in [0.1, 0.15) is 11.4 Å². The molecule has 1 aliphatic carbocycles. The number of fused-ring (bicyclic) bond motifs is 4. The molecule has 0 radical (unpaired) electrons. The van der Waals surface area contributed by atoms with E-state index >= 15 is 0 Å². The Bertz CT molecular complexity index is 1500. The first-order valence-corrected chi connectivity index (χ1v) is 14.2. The minimum atomic E-state index is -0.291. The van der Waals surface area contributed by atoms with Crippen molar-refractivity contribution in [2.75, 3.05) is 19.6 Å². The average Bonchev–Trinajstić information content (AvgIpc) is 3.67. The van der Waals surface area contributed by atoms with Crippen LogP contribution in [0.1, 0.15) is 43.0 Å². The van der Waals surface area contributed by atoms with Crippen molar-refractivity contribution in [3.63, 3.8) is 0 Å². The Morgan fingerprint density at radius 3 is 2.79 bits per heavy atom. The first kappa shape index (κ1) is 25.3. The van der Waals surface area contributed by atoms with E-state index in [-0.39, 0.29) is 24.4 Å². The van der Waals surface area contributed by atoms with Crippen molar-refractivity contribution in [2.24, 2.45) is 5.92 Å². The maximum atomic E-state index is 13.3. The molecule has 4 aliphatic rings. The first-order valence-electron chi connectivity index (χ1n) is 13.4. The highest BCUT2D eigenvalue weighted by atomic mass is 32.1. The number of thiazole rings is 1. The van der Waals surface area contributed by atoms with Crippen molar-refractivity contribution >= 4 is 28.0 Å². The Hall–Kier alpha value is -3.95. The van der Waals surface area contributed by atoms with Gasteiger partial charge in [-0.1, -0.05) is 0 Å². The van der Waals surface area contributed by atoms with Crippen LogP contribution in [0.5, 0.6) is 0 Å². The average molecular weight is 546 g/mol. The normalized spacial score (nSPS) is 22.6. The lowest BCUT2D eigenvalue weighted by molar-refractivity contribution is -0.117. The Morgan fingerprint density at radius 2 is 2.03 bits per heavy atom. The zero-order valence-corrected chi connectivity index (χ0v) is 22.6. The summed E-state index contributed by atoms with van der Waals surface area (Å²) in [6, 6.07) is 2.57. The smallest absolute Gasteiger partial charge is 0.260 e. The zero-order valence-electron chi connectivity index (χ0n) is 21.8. The van der Waals surface area contributed by atoms with Crippen LogP contribution < -0.4 is 16.0 Å². The van der Waals surface area contributed by atoms with Gasteiger partial charge in [0, 0.05) is 55.5 Å². The largest absolute Gasteiger partial charge is 0.382 e. The molecule has 0 aromatic carbocycles. The number of dihydropyridines is 1. The molecule has 2 bridgehead atoms. The SMILES string of the molecule is CC1NC=C(C(=O)NCCN2CC3CCC2CC3)C=C1NC(=O)c1cnn2cc(-c3cnn(CC#N)c3)sc12. The minimum Gasteiger partial charge on any atom is -0.382 e. The summed E-state index contributed by atoms with van der Waals surface area (Å²) < 4.78 is 3.23. The molecule has 3 aliphatic heterocycles. The first-order chi connectivity index (χ1) is 19.0. The van der Waals surface area contributed by atoms with E-state index in [1.807, 2.05) is 13.1 Å². The van der Waals surface area contributed by atoms with Crippen LogP contribution in [-0.4, -0.2) is 67.8 Å². The van der Waals surface area contributed by atoms with Gasteiger partial charge in [-0.3, -0.25) is 19.2 Å². The third kappa shape index (κ3) is 5.20. The summed E-state index contributed by atoms with van der Waals surface area (Å²) in [4.78, 5) is 30.3. The second kappa shape index (κ2) is 10.7. The van der Waals surface area contributed by atoms with E-state index < -0.39 is 0 Å². The topological polar surface area (TPSA) is 132 Å². The molecule has 202 valence electrons. The predicted molar refractivity (Wildman–Crippen MR) is 146 cm³/mol. The third-order valence-electron chi connectivity index (χ3n) is 7.89. The molecule has 12 heteroatoms. The Labute approximate surface area is 230 Å². The summed E-state index contributed by atoms with van der Waals surface area (Å²) in [7, 11) is 0. The van der Waals surface area contributed by atoms with Crippen LogP contribution >= 0.6 is 11.3 Å². The number of aromatic nitrogens is 4. The van der Waals surface area contributed by atoms with Crippen LogP contribution in [0.15, 0.2) is 48.3 Å². The van der Waals surface area contributed by atoms with Gasteiger partial charge in [-0.2, -0.15) is 15.5 Å². The highest BCUT2D eigenvalue weighted by Gasteiger charge is 2.33. The molecule has 7 rings (SSSR count). The molecule has 6 heterocycles. The highest BCUT2D eigenvalue weighted by Crippen LogP contribution is 2.34. The quantitative estimate of drug-likeness (QED) is 0.396. The van der Waals surface area contributed by atoms with Crippen molar-refractivity contribution in [1.82, 2.24) is 40.2 Å². The summed E-state index contributed by atoms with van der Waals surface area (Å²) in [5.41, 5.74) is 2.40. The number of nitrogens with one attached hydrogen (secondary N) is 3. The molecule has 2 saturated heterocycles. The molecule has 11 nitrogen and oxygen atoms in total. The lowest BCUT2D eigenvalue weighted by Crippen LogP contribution is -2.50. The summed E-state index contributed by atoms with van der Waals surface area (Å²) >= 11 is 1.43. The molecule has 1 unspecified atom stereocenters. The molecule has 1 atom stereocenters. The van der Waals surface area contributed by atoms with Crippen LogP contribution in [0.4, 0.5) is 0 Å². The number of amides is 2. The van der Waals surface area contributed by atoms with E-state index in [0.717, 1.165) is 29.4 Å². The van der Waals surface area contributed by atoms with E-state index in [4.69, 9.17) is 5.26 Å². The fourth-order valence-electron chi connectivity index (χ4n) is 5.70. The number of hydrogen-bond acceptors (Lipinski definition) is 8. The molecule has 3 fully saturated rings. The van der Waals surface area contributed by atoms with Crippen molar-refractivity contribution in [1.29, 1.82) is 5.26 Å². The van der Waals surface area contributed by atoms with E-state index in [1.165, 1.54) is 37.0 Å². The molecule has 3 N–H and O–H groups in total. The minimum absolute atomic E-state index is 0.156. The molecule has 3 aromatic rings. The number of rotatable bonds is 8. The second-order valence-electron chi connectivity index (χ2n) is 10.5. The van der Waals surface area contributed by atoms with Crippen LogP contribution in [0.25, 0.3) is 15.3 Å². The van der Waals surface area contributed by atoms with Crippen LogP contribution in [0, 0.1) is 17.2 Å². The third-order valence-corrected chi connectivity index (χ3v) is 9.05. The maximum absolute atomic E-state index is 13.3. The molecular weight excluding hydrogens is 514 g/mol. The van der Waals surface area contributed by atoms with Crippen molar-refractivity contribution < 1.29 is 9.59 Å². The van der Waals surface area contributed by atoms with Crippen LogP contribution in [-0.2, 0) is 11.3 Å². The van der Waals surface area contributed by atoms with Gasteiger partial charge in [-0.15, -0.1) is 11.3 Å². The fourth-order valence-corrected chi connectivity index (χ4v) is 6.73. The van der Waals surface area contributed by atoms with Gasteiger partial charge in [-0.05, 0) is 44.6 Å². The van der Waals surface area contributed by atoms with Gasteiger partial charge in [0.25, 0.3) is 11.8 Å². The van der Waals surface area contributed by atoms with Gasteiger partial charge >= 0.3 is 0 Å². The number of carbonyl (C=O) groups is 2. The number of piperidine rings is 2. The standard InChI is InChI=1S/C27H31N9O2S/c1-17-23(10-19(11-30-17)25(37)29-7-9-34-14-18-2-4-21(34)5-3-18)33-26(38)22-13-32-36-16-24(39-27(22)36)20-12-31-35(15-20)8-6-28/h10-13,15-18,21,30H,2-5,7-9,14H2,1H3,(H,29,37)(H,33,38). The Kier molecular flexibility index (Phi) is 6.93. The number of hydrogen-bond donors (Lipinski definition) is 3. The number of nitrogens with zero attached hydrogens (tertiary/aromatic N) is 6. The fraction of sp³-hybridized carbons (Fsp3) is 0.444. The van der Waals surface area contributed by atoms with Gasteiger partial charge in [-0.25, -0.2) is 4.52 Å². The number of carbonyl (C=O) groups excluding carboxylic acids is 2. The van der Waals surface area contributed by atoms with E-state index in [1.54, 1.807) is 40.1 Å². The summed E-state index contributed by atoms with van der Waals surface area (Å²) in [5, 5.41) is 26.6. The summed E-state index contributed by atoms with van der Waals surface area (Å²) in [6.45, 7) is 4.73. The summed E-state index contributed by atoms with van der Waals surface area (Å²) in [5.74, 6) is 0.370. The Balaban J connectivity index is 1.09. The van der Waals surface area contributed by atoms with Gasteiger partial charge in [0.2, 0.25) is 0 Å². The lowest BCUT2D eigenvalue weighted by Gasteiger charge is -2.45. The summed E-state index contributed by atoms with van der Waals surface area (Å²) in [6.07, 6.45) is 15.6. The van der Waals surface area contributed by atoms with E-state index in [9.17, 15) is 9.59 Å². The Morgan fingerprint density at radius 1 is 1.18 bits per heavy atom. The van der Waals surface area contributed by atoms with Crippen molar-refractivity contribution in [3.05, 3.63) is 53.9 Å². The van der Waals surface area contributed by atoms with Gasteiger partial charge in [0.05, 0.1) is 40.5 Å². The van der Waals surface area contributed by atoms with Gasteiger partial charge in [0.15, 0.2) is 0 Å². The van der Waals surface area contributed by atoms with Crippen LogP contribution in [0.2, 0.25) is 0 Å². The molecule has 2 amide bonds. The number of nitriles is 1. The molecular formula is C27H31N9O2S. The van der Waals surface area contributed by atoms with Gasteiger partial charge < -0.3 is 16.0 Å². The molecule has 1 saturated carbocycles. The maximum Gasteiger partial charge on any atom is 0.260 e.